The van der Waals surface area contributed by atoms with Crippen LogP contribution in [0.2, 0.25) is 0 Å². The fourth-order valence-electron chi connectivity index (χ4n) is 1.20. The SMILES string of the molecule is Cc1ccc(-n2nnnc2CCl)cc1F. The second-order valence-electron chi connectivity index (χ2n) is 3.07. The molecule has 1 aromatic carbocycles. The number of tetrazole rings is 1. The summed E-state index contributed by atoms with van der Waals surface area (Å²) < 4.78 is 14.7. The third-order valence-corrected chi connectivity index (χ3v) is 2.29. The first-order chi connectivity index (χ1) is 7.22. The van der Waals surface area contributed by atoms with Crippen LogP contribution < -0.4 is 0 Å². The van der Waals surface area contributed by atoms with Crippen LogP contribution in [-0.4, -0.2) is 20.2 Å². The van der Waals surface area contributed by atoms with Crippen LogP contribution in [-0.2, 0) is 5.88 Å². The van der Waals surface area contributed by atoms with E-state index in [1.165, 1.54) is 10.7 Å². The summed E-state index contributed by atoms with van der Waals surface area (Å²) in [6.07, 6.45) is 0. The Hall–Kier alpha value is -1.49. The largest absolute Gasteiger partial charge is 0.207 e. The monoisotopic (exact) mass is 226 g/mol. The Morgan fingerprint density at radius 2 is 2.27 bits per heavy atom. The number of nitrogens with zero attached hydrogens (tertiary/aromatic N) is 4. The number of hydrogen-bond donors (Lipinski definition) is 0. The van der Waals surface area contributed by atoms with E-state index in [1.807, 2.05) is 0 Å². The maximum absolute atomic E-state index is 13.3. The zero-order valence-electron chi connectivity index (χ0n) is 7.98. The molecule has 2 rings (SSSR count). The molecule has 78 valence electrons. The molecular weight excluding hydrogens is 219 g/mol. The molecule has 1 aromatic heterocycles. The molecule has 4 nitrogen and oxygen atoms in total. The van der Waals surface area contributed by atoms with Crippen molar-refractivity contribution in [3.8, 4) is 5.69 Å². The van der Waals surface area contributed by atoms with Crippen molar-refractivity contribution in [1.29, 1.82) is 0 Å². The van der Waals surface area contributed by atoms with E-state index in [1.54, 1.807) is 19.1 Å². The number of halogens is 2. The third-order valence-electron chi connectivity index (χ3n) is 2.05. The van der Waals surface area contributed by atoms with Crippen LogP contribution >= 0.6 is 11.6 Å². The highest BCUT2D eigenvalue weighted by molar-refractivity contribution is 6.16. The van der Waals surface area contributed by atoms with E-state index in [0.29, 0.717) is 17.1 Å². The van der Waals surface area contributed by atoms with Gasteiger partial charge in [-0.05, 0) is 35.0 Å². The van der Waals surface area contributed by atoms with Crippen molar-refractivity contribution >= 4 is 11.6 Å². The predicted octanol–water partition coefficient (Wildman–Crippen LogP) is 1.85. The Kier molecular flexibility index (Phi) is 2.64. The first-order valence-electron chi connectivity index (χ1n) is 4.32. The second-order valence-corrected chi connectivity index (χ2v) is 3.34. The average Bonchev–Trinajstić information content (AvgIpc) is 2.70. The van der Waals surface area contributed by atoms with Crippen molar-refractivity contribution in [3.63, 3.8) is 0 Å². The van der Waals surface area contributed by atoms with Crippen molar-refractivity contribution in [2.75, 3.05) is 0 Å². The summed E-state index contributed by atoms with van der Waals surface area (Å²) in [4.78, 5) is 0. The molecular formula is C9H8ClFN4. The Bertz CT molecular complexity index is 483. The topological polar surface area (TPSA) is 43.6 Å². The molecule has 0 amide bonds. The van der Waals surface area contributed by atoms with Gasteiger partial charge in [0.15, 0.2) is 5.82 Å². The van der Waals surface area contributed by atoms with Gasteiger partial charge in [-0.15, -0.1) is 16.7 Å². The van der Waals surface area contributed by atoms with Gasteiger partial charge in [-0.3, -0.25) is 0 Å². The summed E-state index contributed by atoms with van der Waals surface area (Å²) in [6, 6.07) is 4.79. The molecule has 0 spiro atoms. The van der Waals surface area contributed by atoms with Gasteiger partial charge in [0.25, 0.3) is 0 Å². The van der Waals surface area contributed by atoms with Crippen molar-refractivity contribution < 1.29 is 4.39 Å². The van der Waals surface area contributed by atoms with Gasteiger partial charge < -0.3 is 0 Å². The van der Waals surface area contributed by atoms with Crippen LogP contribution in [0.25, 0.3) is 5.69 Å². The maximum Gasteiger partial charge on any atom is 0.171 e. The van der Waals surface area contributed by atoms with Crippen LogP contribution in [0.5, 0.6) is 0 Å². The van der Waals surface area contributed by atoms with Crippen LogP contribution in [0, 0.1) is 12.7 Å². The van der Waals surface area contributed by atoms with Crippen LogP contribution in [0.4, 0.5) is 4.39 Å². The standard InChI is InChI=1S/C9H8ClFN4/c1-6-2-3-7(4-8(6)11)15-9(5-10)12-13-14-15/h2-4H,5H2,1H3. The molecule has 0 aliphatic rings. The van der Waals surface area contributed by atoms with Gasteiger partial charge in [-0.1, -0.05) is 6.07 Å². The molecule has 0 atom stereocenters. The first kappa shape index (κ1) is 10.0. The van der Waals surface area contributed by atoms with Gasteiger partial charge in [-0.25, -0.2) is 4.39 Å². The lowest BCUT2D eigenvalue weighted by molar-refractivity contribution is 0.615. The predicted molar refractivity (Wildman–Crippen MR) is 53.4 cm³/mol. The molecule has 1 heterocycles. The Labute approximate surface area is 90.7 Å². The van der Waals surface area contributed by atoms with Crippen molar-refractivity contribution in [2.45, 2.75) is 12.8 Å². The number of rotatable bonds is 2. The molecule has 2 aromatic rings. The van der Waals surface area contributed by atoms with E-state index in [9.17, 15) is 4.39 Å². The molecule has 0 N–H and O–H groups in total. The second kappa shape index (κ2) is 3.94. The van der Waals surface area contributed by atoms with E-state index in [2.05, 4.69) is 15.5 Å². The minimum Gasteiger partial charge on any atom is -0.207 e. The van der Waals surface area contributed by atoms with Crippen LogP contribution in [0.1, 0.15) is 11.4 Å². The molecule has 0 aliphatic heterocycles. The third kappa shape index (κ3) is 1.83. The summed E-state index contributed by atoms with van der Waals surface area (Å²) in [5, 5.41) is 10.9. The molecule has 0 bridgehead atoms. The molecule has 0 saturated carbocycles. The summed E-state index contributed by atoms with van der Waals surface area (Å²) in [5.41, 5.74) is 1.15. The number of aryl methyl sites for hydroxylation is 1. The van der Waals surface area contributed by atoms with Gasteiger partial charge in [0.1, 0.15) is 5.82 Å². The lowest BCUT2D eigenvalue weighted by Crippen LogP contribution is -2.02. The molecule has 0 saturated heterocycles. The van der Waals surface area contributed by atoms with Crippen LogP contribution in [0.3, 0.4) is 0 Å². The molecule has 0 fully saturated rings. The Morgan fingerprint density at radius 3 is 2.93 bits per heavy atom. The van der Waals surface area contributed by atoms with E-state index >= 15 is 0 Å². The average molecular weight is 227 g/mol. The highest BCUT2D eigenvalue weighted by Gasteiger charge is 2.08. The van der Waals surface area contributed by atoms with E-state index in [0.717, 1.165) is 0 Å². The molecule has 15 heavy (non-hydrogen) atoms. The van der Waals surface area contributed by atoms with Gasteiger partial charge >= 0.3 is 0 Å². The lowest BCUT2D eigenvalue weighted by atomic mass is 10.2. The zero-order chi connectivity index (χ0) is 10.8. The summed E-state index contributed by atoms with van der Waals surface area (Å²) in [6.45, 7) is 1.70. The smallest absolute Gasteiger partial charge is 0.171 e. The van der Waals surface area contributed by atoms with Crippen molar-refractivity contribution in [2.24, 2.45) is 0 Å². The fourth-order valence-corrected chi connectivity index (χ4v) is 1.37. The number of hydrogen-bond acceptors (Lipinski definition) is 3. The Balaban J connectivity index is 2.50. The summed E-state index contributed by atoms with van der Waals surface area (Å²) in [7, 11) is 0. The zero-order valence-corrected chi connectivity index (χ0v) is 8.74. The van der Waals surface area contributed by atoms with Gasteiger partial charge in [0, 0.05) is 0 Å². The maximum atomic E-state index is 13.3. The van der Waals surface area contributed by atoms with E-state index < -0.39 is 0 Å². The number of benzene rings is 1. The number of alkyl halides is 1. The normalized spacial score (nSPS) is 10.6. The van der Waals surface area contributed by atoms with Crippen molar-refractivity contribution in [3.05, 3.63) is 35.4 Å². The fraction of sp³-hybridized carbons (Fsp3) is 0.222. The van der Waals surface area contributed by atoms with Gasteiger partial charge in [0.2, 0.25) is 0 Å². The first-order valence-corrected chi connectivity index (χ1v) is 4.85. The number of aromatic nitrogens is 4. The minimum absolute atomic E-state index is 0.183. The summed E-state index contributed by atoms with van der Waals surface area (Å²) >= 11 is 5.64. The molecule has 0 radical (unpaired) electrons. The molecule has 6 heteroatoms. The van der Waals surface area contributed by atoms with Crippen LogP contribution in [0.15, 0.2) is 18.2 Å². The van der Waals surface area contributed by atoms with Crippen molar-refractivity contribution in [1.82, 2.24) is 20.2 Å². The highest BCUT2D eigenvalue weighted by atomic mass is 35.5. The summed E-state index contributed by atoms with van der Waals surface area (Å²) in [5.74, 6) is 0.381. The van der Waals surface area contributed by atoms with Gasteiger partial charge in [0.05, 0.1) is 11.6 Å². The molecule has 0 aliphatic carbocycles. The van der Waals surface area contributed by atoms with E-state index in [4.69, 9.17) is 11.6 Å². The lowest BCUT2D eigenvalue weighted by Gasteiger charge is -2.03. The quantitative estimate of drug-likeness (QED) is 0.734. The minimum atomic E-state index is -0.288. The highest BCUT2D eigenvalue weighted by Crippen LogP contribution is 2.13. The van der Waals surface area contributed by atoms with Gasteiger partial charge in [-0.2, -0.15) is 4.68 Å². The Morgan fingerprint density at radius 1 is 1.47 bits per heavy atom. The molecule has 0 unspecified atom stereocenters. The van der Waals surface area contributed by atoms with E-state index in [-0.39, 0.29) is 11.7 Å².